The van der Waals surface area contributed by atoms with Gasteiger partial charge in [-0.15, -0.1) is 0 Å². The Bertz CT molecular complexity index is 5300. The van der Waals surface area contributed by atoms with Crippen molar-refractivity contribution in [2.24, 2.45) is 0 Å². The van der Waals surface area contributed by atoms with Crippen LogP contribution in [0.4, 0.5) is 34.1 Å². The van der Waals surface area contributed by atoms with E-state index in [1.54, 1.807) is 0 Å². The fraction of sp³-hybridized carbons (Fsp3) is 0.0549. The molecule has 15 aromatic rings. The van der Waals surface area contributed by atoms with Crippen LogP contribution in [-0.4, -0.2) is 0 Å². The van der Waals surface area contributed by atoms with Crippen LogP contribution in [0.3, 0.4) is 0 Å². The van der Waals surface area contributed by atoms with Crippen molar-refractivity contribution in [3.8, 4) is 66.8 Å². The van der Waals surface area contributed by atoms with Crippen LogP contribution >= 0.6 is 0 Å². The minimum absolute atomic E-state index is 0.191. The Balaban J connectivity index is 0.882. The monoisotopic (exact) mass is 1180 g/mol. The van der Waals surface area contributed by atoms with Gasteiger partial charge in [-0.3, -0.25) is 0 Å². The Morgan fingerprint density at radius 1 is 0.194 bits per heavy atom. The lowest BCUT2D eigenvalue weighted by Crippen LogP contribution is -2.36. The molecule has 0 saturated heterocycles. The van der Waals surface area contributed by atoms with E-state index >= 15 is 0 Å². The van der Waals surface area contributed by atoms with E-state index < -0.39 is 10.8 Å². The quantitative estimate of drug-likeness (QED) is 0.159. The van der Waals surface area contributed by atoms with Gasteiger partial charge in [-0.2, -0.15) is 0 Å². The number of benzene rings is 15. The normalized spacial score (nSPS) is 14.8. The van der Waals surface area contributed by atoms with E-state index in [0.717, 1.165) is 11.4 Å². The summed E-state index contributed by atoms with van der Waals surface area (Å²) in [4.78, 5) is 4.95. The van der Waals surface area contributed by atoms with Gasteiger partial charge in [-0.25, -0.2) is 0 Å². The minimum atomic E-state index is -0.610. The van der Waals surface area contributed by atoms with Crippen molar-refractivity contribution in [3.05, 3.63) is 383 Å². The predicted octanol–water partition coefficient (Wildman–Crippen LogP) is 23.6. The van der Waals surface area contributed by atoms with Crippen LogP contribution in [0, 0.1) is 0 Å². The molecule has 93 heavy (non-hydrogen) atoms. The summed E-state index contributed by atoms with van der Waals surface area (Å²) < 4.78 is 0. The Kier molecular flexibility index (Phi) is 10.8. The smallest absolute Gasteiger partial charge is 0.0754 e. The first-order valence-electron chi connectivity index (χ1n) is 32.8. The Hall–Kier alpha value is -11.6. The van der Waals surface area contributed by atoms with E-state index in [2.05, 4.69) is 351 Å². The van der Waals surface area contributed by atoms with Gasteiger partial charge in [0.2, 0.25) is 0 Å². The van der Waals surface area contributed by atoms with Gasteiger partial charge in [-0.1, -0.05) is 287 Å². The molecule has 2 spiro atoms. The highest BCUT2D eigenvalue weighted by atomic mass is 15.2. The first-order chi connectivity index (χ1) is 46.0. The summed E-state index contributed by atoms with van der Waals surface area (Å²) in [7, 11) is 0. The second-order valence-corrected chi connectivity index (χ2v) is 26.4. The Morgan fingerprint density at radius 2 is 0.484 bits per heavy atom. The SMILES string of the molecule is CC1(C)c2ccccc2-c2c(-c3c4cccc(-c5cccc6c5-c5ccccc5C65c6ccccc6N(c6ccccc6)c6ccccc65)c4cc4c(-c5cccc6c5-c5ccccc5C65c6ccccc6N(c6ccccc6)c6ccccc65)cccc34)cccc21. The van der Waals surface area contributed by atoms with Crippen LogP contribution in [-0.2, 0) is 16.2 Å². The maximum absolute atomic E-state index is 2.58. The molecule has 20 rings (SSSR count). The highest BCUT2D eigenvalue weighted by molar-refractivity contribution is 6.22. The fourth-order valence-electron chi connectivity index (χ4n) is 18.4. The van der Waals surface area contributed by atoms with Crippen LogP contribution < -0.4 is 9.80 Å². The highest BCUT2D eigenvalue weighted by Crippen LogP contribution is 2.67. The molecular weight excluding hydrogens is 1120 g/mol. The van der Waals surface area contributed by atoms with Gasteiger partial charge >= 0.3 is 0 Å². The van der Waals surface area contributed by atoms with Gasteiger partial charge in [0.15, 0.2) is 0 Å². The van der Waals surface area contributed by atoms with Gasteiger partial charge in [-0.05, 0) is 199 Å². The van der Waals surface area contributed by atoms with E-state index in [0.29, 0.717) is 0 Å². The molecule has 5 aliphatic rings. The molecule has 0 amide bonds. The average Bonchev–Trinajstić information content (AvgIpc) is 1.57. The molecule has 0 bridgehead atoms. The van der Waals surface area contributed by atoms with Crippen molar-refractivity contribution in [3.63, 3.8) is 0 Å². The summed E-state index contributed by atoms with van der Waals surface area (Å²) >= 11 is 0. The molecule has 2 nitrogen and oxygen atoms in total. The van der Waals surface area contributed by atoms with Crippen LogP contribution in [0.5, 0.6) is 0 Å². The van der Waals surface area contributed by atoms with E-state index in [9.17, 15) is 0 Å². The number of para-hydroxylation sites is 6. The summed E-state index contributed by atoms with van der Waals surface area (Å²) in [6.45, 7) is 4.81. The first-order valence-corrected chi connectivity index (χ1v) is 32.8. The third kappa shape index (κ3) is 6.71. The molecule has 0 radical (unpaired) electrons. The molecule has 0 fully saturated rings. The van der Waals surface area contributed by atoms with E-state index in [-0.39, 0.29) is 5.41 Å². The summed E-state index contributed by atoms with van der Waals surface area (Å²) in [5, 5.41) is 4.92. The van der Waals surface area contributed by atoms with E-state index in [1.807, 2.05) is 0 Å². The number of anilines is 6. The van der Waals surface area contributed by atoms with Crippen molar-refractivity contribution >= 4 is 55.7 Å². The lowest BCUT2D eigenvalue weighted by Gasteiger charge is -2.45. The number of hydrogen-bond acceptors (Lipinski definition) is 2. The molecule has 2 heterocycles. The third-order valence-corrected chi connectivity index (χ3v) is 21.9. The van der Waals surface area contributed by atoms with Crippen LogP contribution in [0.2, 0.25) is 0 Å². The largest absolute Gasteiger partial charge is 0.310 e. The Morgan fingerprint density at radius 3 is 0.914 bits per heavy atom. The number of fused-ring (bicyclic) bond motifs is 23. The highest BCUT2D eigenvalue weighted by Gasteiger charge is 2.54. The average molecular weight is 1180 g/mol. The predicted molar refractivity (Wildman–Crippen MR) is 386 cm³/mol. The number of nitrogens with zero attached hydrogens (tertiary/aromatic N) is 2. The molecule has 0 aromatic heterocycles. The molecule has 434 valence electrons. The minimum Gasteiger partial charge on any atom is -0.310 e. The summed E-state index contributed by atoms with van der Waals surface area (Å²) in [5.74, 6) is 0. The lowest BCUT2D eigenvalue weighted by molar-refractivity contribution is 0.660. The zero-order valence-corrected chi connectivity index (χ0v) is 51.6. The van der Waals surface area contributed by atoms with Gasteiger partial charge in [0.25, 0.3) is 0 Å². The van der Waals surface area contributed by atoms with Gasteiger partial charge in [0, 0.05) is 16.8 Å². The fourth-order valence-corrected chi connectivity index (χ4v) is 18.4. The van der Waals surface area contributed by atoms with Gasteiger partial charge in [0.05, 0.1) is 33.6 Å². The van der Waals surface area contributed by atoms with Crippen molar-refractivity contribution in [2.75, 3.05) is 9.80 Å². The maximum atomic E-state index is 2.58. The molecule has 2 aliphatic heterocycles. The van der Waals surface area contributed by atoms with Gasteiger partial charge in [0.1, 0.15) is 0 Å². The van der Waals surface area contributed by atoms with Crippen molar-refractivity contribution in [2.45, 2.75) is 30.1 Å². The van der Waals surface area contributed by atoms with Crippen LogP contribution in [0.25, 0.3) is 88.3 Å². The first kappa shape index (κ1) is 52.2. The molecule has 15 aromatic carbocycles. The van der Waals surface area contributed by atoms with Crippen LogP contribution in [0.1, 0.15) is 69.5 Å². The van der Waals surface area contributed by atoms with Crippen molar-refractivity contribution < 1.29 is 0 Å². The molecule has 0 atom stereocenters. The van der Waals surface area contributed by atoms with Crippen LogP contribution in [0.15, 0.2) is 328 Å². The molecular formula is C91H60N2. The zero-order valence-electron chi connectivity index (χ0n) is 51.6. The van der Waals surface area contributed by atoms with Gasteiger partial charge < -0.3 is 9.80 Å². The van der Waals surface area contributed by atoms with Crippen molar-refractivity contribution in [1.82, 2.24) is 0 Å². The van der Waals surface area contributed by atoms with E-state index in [1.165, 1.54) is 167 Å². The van der Waals surface area contributed by atoms with E-state index in [4.69, 9.17) is 0 Å². The summed E-state index contributed by atoms with van der Waals surface area (Å²) in [6, 6.07) is 125. The zero-order chi connectivity index (χ0) is 61.3. The summed E-state index contributed by atoms with van der Waals surface area (Å²) in [5.41, 5.74) is 33.9. The molecule has 0 saturated carbocycles. The molecule has 0 unspecified atom stereocenters. The van der Waals surface area contributed by atoms with Crippen molar-refractivity contribution in [1.29, 1.82) is 0 Å². The second-order valence-electron chi connectivity index (χ2n) is 26.4. The summed E-state index contributed by atoms with van der Waals surface area (Å²) in [6.07, 6.45) is 0. The third-order valence-electron chi connectivity index (χ3n) is 21.9. The molecule has 0 N–H and O–H groups in total. The molecule has 3 aliphatic carbocycles. The standard InChI is InChI=1S/C91H60N2/c1-89(2)71-42-12-9-32-65(71)88-68(41-27-49-78(88)89)85-63-37-23-35-59(61-39-25-50-79-86(61)66-33-10-13-43-72(66)90(79)74-45-15-19-52-81(74)92(57-28-5-3-6-29-57)82-53-20-16-46-75(82)90)69(63)56-70-60(36-24-38-64(70)85)62-40-26-51-80-87(62)67-34-11-14-44-73(67)91(80)76-47-17-21-54-83(76)93(58-30-7-4-8-31-58)84-55-22-18-48-77(84)91/h3-56H,1-2H3. The molecule has 2 heteroatoms. The second kappa shape index (κ2) is 19.2. The number of hydrogen-bond donors (Lipinski definition) is 0. The topological polar surface area (TPSA) is 6.48 Å². The maximum Gasteiger partial charge on any atom is 0.0754 e. The Labute approximate surface area is 542 Å². The lowest BCUT2D eigenvalue weighted by atomic mass is 9.64. The number of rotatable bonds is 5.